The van der Waals surface area contributed by atoms with Gasteiger partial charge in [0.1, 0.15) is 23.6 Å². The van der Waals surface area contributed by atoms with Gasteiger partial charge in [-0.3, -0.25) is 9.69 Å². The largest absolute Gasteiger partial charge is 0.444 e. The minimum absolute atomic E-state index is 0.0254. The van der Waals surface area contributed by atoms with E-state index in [0.717, 1.165) is 30.6 Å². The number of aromatic nitrogens is 2. The highest BCUT2D eigenvalue weighted by Crippen LogP contribution is 2.56. The maximum atomic E-state index is 13.2. The zero-order valence-electron chi connectivity index (χ0n) is 20.7. The lowest BCUT2D eigenvalue weighted by molar-refractivity contribution is -0.120. The summed E-state index contributed by atoms with van der Waals surface area (Å²) in [5.41, 5.74) is 0.432. The van der Waals surface area contributed by atoms with E-state index in [2.05, 4.69) is 22.9 Å². The molecule has 1 aromatic rings. The molecular weight excluding hydrogens is 432 g/mol. The quantitative estimate of drug-likeness (QED) is 0.659. The highest BCUT2D eigenvalue weighted by atomic mass is 16.6. The Balaban J connectivity index is 1.43. The minimum Gasteiger partial charge on any atom is -0.444 e. The molecule has 4 aliphatic rings. The van der Waals surface area contributed by atoms with Gasteiger partial charge in [0.25, 0.3) is 0 Å². The van der Waals surface area contributed by atoms with Crippen LogP contribution in [0.5, 0.6) is 0 Å². The first-order chi connectivity index (χ1) is 16.0. The Morgan fingerprint density at radius 2 is 1.85 bits per heavy atom. The van der Waals surface area contributed by atoms with Gasteiger partial charge in [0.2, 0.25) is 5.91 Å². The number of nitrogens with zero attached hydrogens (tertiary/aromatic N) is 6. The maximum absolute atomic E-state index is 13.2. The molecular formula is C25H34N6O3. The summed E-state index contributed by atoms with van der Waals surface area (Å²) >= 11 is 0. The molecule has 0 bridgehead atoms. The van der Waals surface area contributed by atoms with Gasteiger partial charge in [0.15, 0.2) is 0 Å². The van der Waals surface area contributed by atoms with Crippen molar-refractivity contribution < 1.29 is 14.3 Å². The van der Waals surface area contributed by atoms with E-state index in [9.17, 15) is 14.9 Å². The van der Waals surface area contributed by atoms with Crippen LogP contribution in [-0.2, 0) is 14.9 Å². The summed E-state index contributed by atoms with van der Waals surface area (Å²) in [4.78, 5) is 41.3. The van der Waals surface area contributed by atoms with Crippen LogP contribution in [0.15, 0.2) is 6.33 Å². The number of ether oxygens (including phenoxy) is 1. The molecule has 2 saturated carbocycles. The summed E-state index contributed by atoms with van der Waals surface area (Å²) in [6.07, 6.45) is 5.06. The summed E-state index contributed by atoms with van der Waals surface area (Å²) < 4.78 is 5.63. The Kier molecular flexibility index (Phi) is 5.26. The lowest BCUT2D eigenvalue weighted by Crippen LogP contribution is -2.59. The van der Waals surface area contributed by atoms with Gasteiger partial charge in [-0.15, -0.1) is 0 Å². The average molecular weight is 467 g/mol. The van der Waals surface area contributed by atoms with Crippen LogP contribution >= 0.6 is 0 Å². The second kappa shape index (κ2) is 7.82. The molecule has 3 fully saturated rings. The monoisotopic (exact) mass is 466 g/mol. The molecule has 2 aliphatic heterocycles. The van der Waals surface area contributed by atoms with Crippen molar-refractivity contribution in [2.24, 2.45) is 11.8 Å². The SMILES string of the molecule is C[C@@H]1CN(c2ncnc3c2C2(CCC2)CN3C(=O)[C@@H]2CC2C#N)[C@@H](C)CN1C(=O)OC(C)(C)C. The van der Waals surface area contributed by atoms with Crippen molar-refractivity contribution in [1.29, 1.82) is 5.26 Å². The van der Waals surface area contributed by atoms with Crippen LogP contribution in [-0.4, -0.2) is 64.2 Å². The third-order valence-corrected chi connectivity index (χ3v) is 7.79. The number of carbonyl (C=O) groups is 2. The van der Waals surface area contributed by atoms with Gasteiger partial charge < -0.3 is 14.5 Å². The van der Waals surface area contributed by atoms with Gasteiger partial charge in [0.05, 0.1) is 17.9 Å². The van der Waals surface area contributed by atoms with Crippen LogP contribution in [0.3, 0.4) is 0 Å². The van der Waals surface area contributed by atoms with Crippen molar-refractivity contribution in [2.75, 3.05) is 29.4 Å². The van der Waals surface area contributed by atoms with E-state index < -0.39 is 5.60 Å². The molecule has 9 nitrogen and oxygen atoms in total. The van der Waals surface area contributed by atoms with E-state index in [4.69, 9.17) is 9.72 Å². The predicted molar refractivity (Wildman–Crippen MR) is 126 cm³/mol. The molecule has 34 heavy (non-hydrogen) atoms. The molecule has 182 valence electrons. The van der Waals surface area contributed by atoms with Gasteiger partial charge in [-0.05, 0) is 53.9 Å². The van der Waals surface area contributed by atoms with Crippen molar-refractivity contribution in [3.63, 3.8) is 0 Å². The standard InChI is InChI=1S/C25H34N6O3/c1-15-12-30(23(33)34-24(3,4)5)16(2)11-29(15)20-19-21(28-14-27-20)31(13-25(19)7-6-8-25)22(32)18-9-17(18)10-26/h14-18H,6-9,11-13H2,1-5H3/t15-,16+,17?,18+/m0/s1. The molecule has 2 aliphatic carbocycles. The second-order valence-electron chi connectivity index (χ2n) is 11.5. The smallest absolute Gasteiger partial charge is 0.410 e. The first kappa shape index (κ1) is 22.9. The summed E-state index contributed by atoms with van der Waals surface area (Å²) in [6.45, 7) is 11.6. The molecule has 0 N–H and O–H groups in total. The topological polar surface area (TPSA) is 103 Å². The van der Waals surface area contributed by atoms with Crippen LogP contribution < -0.4 is 9.80 Å². The maximum Gasteiger partial charge on any atom is 0.410 e. The van der Waals surface area contributed by atoms with Gasteiger partial charge in [0, 0.05) is 42.7 Å². The van der Waals surface area contributed by atoms with Crippen LogP contribution in [0.25, 0.3) is 0 Å². The van der Waals surface area contributed by atoms with Crippen molar-refractivity contribution in [3.8, 4) is 6.07 Å². The number of anilines is 2. The summed E-state index contributed by atoms with van der Waals surface area (Å²) in [5, 5.41) is 9.22. The van der Waals surface area contributed by atoms with Gasteiger partial charge in [-0.1, -0.05) is 6.42 Å². The van der Waals surface area contributed by atoms with E-state index >= 15 is 0 Å². The molecule has 0 radical (unpaired) electrons. The van der Waals surface area contributed by atoms with Gasteiger partial charge in [-0.2, -0.15) is 5.26 Å². The summed E-state index contributed by atoms with van der Waals surface area (Å²) in [7, 11) is 0. The second-order valence-corrected chi connectivity index (χ2v) is 11.5. The molecule has 9 heteroatoms. The van der Waals surface area contributed by atoms with E-state index in [1.165, 1.54) is 0 Å². The molecule has 3 heterocycles. The number of hydrogen-bond donors (Lipinski definition) is 0. The zero-order chi connectivity index (χ0) is 24.4. The predicted octanol–water partition coefficient (Wildman–Crippen LogP) is 3.24. The molecule has 4 atom stereocenters. The summed E-state index contributed by atoms with van der Waals surface area (Å²) in [6, 6.07) is 2.23. The van der Waals surface area contributed by atoms with Crippen molar-refractivity contribution in [2.45, 2.75) is 83.4 Å². The van der Waals surface area contributed by atoms with Crippen molar-refractivity contribution >= 4 is 23.6 Å². The van der Waals surface area contributed by atoms with Crippen molar-refractivity contribution in [3.05, 3.63) is 11.9 Å². The average Bonchev–Trinajstić information content (AvgIpc) is 3.44. The van der Waals surface area contributed by atoms with Gasteiger partial charge >= 0.3 is 6.09 Å². The first-order valence-electron chi connectivity index (χ1n) is 12.4. The lowest BCUT2D eigenvalue weighted by atomic mass is 9.66. The van der Waals surface area contributed by atoms with E-state index in [1.807, 2.05) is 32.6 Å². The Morgan fingerprint density at radius 1 is 1.15 bits per heavy atom. The molecule has 5 rings (SSSR count). The minimum atomic E-state index is -0.538. The van der Waals surface area contributed by atoms with E-state index in [0.29, 0.717) is 31.9 Å². The molecule has 1 aromatic heterocycles. The summed E-state index contributed by atoms with van der Waals surface area (Å²) in [5.74, 6) is 1.25. The van der Waals surface area contributed by atoms with E-state index in [-0.39, 0.29) is 41.3 Å². The number of nitriles is 1. The molecule has 1 unspecified atom stereocenters. The van der Waals surface area contributed by atoms with Gasteiger partial charge in [-0.25, -0.2) is 14.8 Å². The lowest BCUT2D eigenvalue weighted by Gasteiger charge is -2.46. The third-order valence-electron chi connectivity index (χ3n) is 7.79. The fraction of sp³-hybridized carbons (Fsp3) is 0.720. The Bertz CT molecular complexity index is 1060. The fourth-order valence-electron chi connectivity index (χ4n) is 5.72. The molecule has 1 spiro atoms. The number of hydrogen-bond acceptors (Lipinski definition) is 7. The fourth-order valence-corrected chi connectivity index (χ4v) is 5.72. The number of fused-ring (bicyclic) bond motifs is 2. The van der Waals surface area contributed by atoms with Crippen LogP contribution in [0.4, 0.5) is 16.4 Å². The first-order valence-corrected chi connectivity index (χ1v) is 12.4. The van der Waals surface area contributed by atoms with Crippen molar-refractivity contribution in [1.82, 2.24) is 14.9 Å². The number of carbonyl (C=O) groups excluding carboxylic acids is 2. The number of amides is 2. The number of piperazine rings is 1. The molecule has 1 saturated heterocycles. The zero-order valence-corrected chi connectivity index (χ0v) is 20.7. The molecule has 2 amide bonds. The Morgan fingerprint density at radius 3 is 2.44 bits per heavy atom. The van der Waals surface area contributed by atoms with Crippen LogP contribution in [0.2, 0.25) is 0 Å². The third kappa shape index (κ3) is 3.68. The van der Waals surface area contributed by atoms with Crippen LogP contribution in [0.1, 0.15) is 65.9 Å². The highest BCUT2D eigenvalue weighted by molar-refractivity contribution is 5.99. The molecule has 0 aromatic carbocycles. The van der Waals surface area contributed by atoms with Crippen LogP contribution in [0, 0.1) is 23.2 Å². The number of rotatable bonds is 2. The highest BCUT2D eigenvalue weighted by Gasteiger charge is 2.55. The van der Waals surface area contributed by atoms with E-state index in [1.54, 1.807) is 11.2 Å². The Hall–Kier alpha value is -2.89. The normalized spacial score (nSPS) is 29.4. The Labute approximate surface area is 201 Å².